The van der Waals surface area contributed by atoms with Crippen LogP contribution in [0.3, 0.4) is 0 Å². The van der Waals surface area contributed by atoms with Gasteiger partial charge in [0.25, 0.3) is 5.91 Å². The summed E-state index contributed by atoms with van der Waals surface area (Å²) < 4.78 is 57.7. The van der Waals surface area contributed by atoms with E-state index in [1.807, 2.05) is 6.07 Å². The van der Waals surface area contributed by atoms with Crippen molar-refractivity contribution in [3.63, 3.8) is 0 Å². The summed E-state index contributed by atoms with van der Waals surface area (Å²) in [6.45, 7) is 0.302. The van der Waals surface area contributed by atoms with Crippen molar-refractivity contribution >= 4 is 23.4 Å². The molecule has 2 N–H and O–H groups in total. The fourth-order valence-corrected chi connectivity index (χ4v) is 5.98. The number of amides is 1. The minimum absolute atomic E-state index is 0.324. The van der Waals surface area contributed by atoms with Crippen molar-refractivity contribution < 1.29 is 27.5 Å². The van der Waals surface area contributed by atoms with Crippen LogP contribution in [0.2, 0.25) is 0 Å². The molecule has 194 valence electrons. The van der Waals surface area contributed by atoms with Gasteiger partial charge in [0, 0.05) is 35.6 Å². The molecule has 2 aliphatic heterocycles. The first-order valence-corrected chi connectivity index (χ1v) is 12.3. The first-order chi connectivity index (χ1) is 17.5. The van der Waals surface area contributed by atoms with E-state index >= 15 is 4.39 Å². The van der Waals surface area contributed by atoms with Crippen LogP contribution in [-0.2, 0) is 5.75 Å². The normalized spacial score (nSPS) is 18.0. The van der Waals surface area contributed by atoms with Gasteiger partial charge in [0.2, 0.25) is 5.43 Å². The molecule has 3 heterocycles. The van der Waals surface area contributed by atoms with Gasteiger partial charge in [0.15, 0.2) is 11.4 Å². The molecule has 0 saturated heterocycles. The number of carbonyl (C=O) groups excluding carboxylic acids is 1. The first-order valence-electron chi connectivity index (χ1n) is 11.3. The molecule has 2 aromatic carbocycles. The number of nitrogens with zero attached hydrogens (tertiary/aromatic N) is 3. The van der Waals surface area contributed by atoms with Gasteiger partial charge in [-0.15, -0.1) is 11.8 Å². The summed E-state index contributed by atoms with van der Waals surface area (Å²) in [4.78, 5) is 26.3. The number of hydrogen-bond acceptors (Lipinski definition) is 6. The predicted octanol–water partition coefficient (Wildman–Crippen LogP) is 4.43. The molecular weight excluding hydrogens is 512 g/mol. The zero-order valence-corrected chi connectivity index (χ0v) is 20.5. The topological polar surface area (TPSA) is 77.8 Å². The lowest BCUT2D eigenvalue weighted by atomic mass is 9.93. The van der Waals surface area contributed by atoms with E-state index in [9.17, 15) is 27.9 Å². The van der Waals surface area contributed by atoms with E-state index in [2.05, 4.69) is 5.32 Å². The maximum atomic E-state index is 15.1. The van der Waals surface area contributed by atoms with Crippen LogP contribution in [-0.4, -0.2) is 46.5 Å². The summed E-state index contributed by atoms with van der Waals surface area (Å²) in [6.07, 6.45) is -3.53. The minimum atomic E-state index is -4.77. The number of fused-ring (bicyclic) bond motifs is 3. The molecule has 1 amide bonds. The highest BCUT2D eigenvalue weighted by molar-refractivity contribution is 7.98. The number of alkyl halides is 3. The standard InChI is InChI=1S/C25H22F4N4O3S/c1-13(25(27,28)29)31-12-33(32-10-9-19(34)22(35)21(32)24(31)36)20-14-5-4-8-18(30-2)16(14)11-37-23-15(20)6-3-7-17(23)26/h3-10,13,20,30,35H,11-12H2,1-2H3/t13-,20+/m1/s1. The molecule has 5 rings (SSSR count). The largest absolute Gasteiger partial charge is 0.502 e. The van der Waals surface area contributed by atoms with Gasteiger partial charge in [0.05, 0.1) is 6.04 Å². The van der Waals surface area contributed by atoms with E-state index in [1.54, 1.807) is 25.2 Å². The monoisotopic (exact) mass is 534 g/mol. The predicted molar refractivity (Wildman–Crippen MR) is 131 cm³/mol. The summed E-state index contributed by atoms with van der Waals surface area (Å²) in [5, 5.41) is 15.1. The van der Waals surface area contributed by atoms with Crippen molar-refractivity contribution in [1.82, 2.24) is 9.58 Å². The number of nitrogens with one attached hydrogen (secondary N) is 1. The number of anilines is 1. The molecule has 0 bridgehead atoms. The number of benzene rings is 2. The molecule has 1 aromatic heterocycles. The third-order valence-electron chi connectivity index (χ3n) is 6.76. The summed E-state index contributed by atoms with van der Waals surface area (Å²) in [7, 11) is 1.73. The number of rotatable bonds is 3. The van der Waals surface area contributed by atoms with E-state index < -0.39 is 53.5 Å². The molecule has 37 heavy (non-hydrogen) atoms. The Hall–Kier alpha value is -3.67. The molecule has 0 radical (unpaired) electrons. The molecule has 2 aliphatic rings. The van der Waals surface area contributed by atoms with Crippen LogP contribution in [0, 0.1) is 5.82 Å². The van der Waals surface area contributed by atoms with Crippen molar-refractivity contribution in [2.24, 2.45) is 0 Å². The Labute approximate surface area is 213 Å². The fraction of sp³-hybridized carbons (Fsp3) is 0.280. The van der Waals surface area contributed by atoms with Crippen LogP contribution in [0.5, 0.6) is 5.75 Å². The van der Waals surface area contributed by atoms with Crippen LogP contribution in [0.25, 0.3) is 0 Å². The van der Waals surface area contributed by atoms with Gasteiger partial charge in [0.1, 0.15) is 18.5 Å². The fourth-order valence-electron chi connectivity index (χ4n) is 4.82. The Balaban J connectivity index is 1.81. The Morgan fingerprint density at radius 2 is 1.81 bits per heavy atom. The number of thioether (sulfide) groups is 1. The molecule has 0 spiro atoms. The molecule has 12 heteroatoms. The van der Waals surface area contributed by atoms with Gasteiger partial charge in [-0.05, 0) is 35.7 Å². The molecule has 0 saturated carbocycles. The van der Waals surface area contributed by atoms with Gasteiger partial charge >= 0.3 is 6.18 Å². The molecule has 0 unspecified atom stereocenters. The van der Waals surface area contributed by atoms with Crippen molar-refractivity contribution in [1.29, 1.82) is 0 Å². The van der Waals surface area contributed by atoms with E-state index in [-0.39, 0.29) is 0 Å². The van der Waals surface area contributed by atoms with Crippen LogP contribution >= 0.6 is 11.8 Å². The number of halogens is 4. The third-order valence-corrected chi connectivity index (χ3v) is 7.91. The molecule has 2 atom stereocenters. The Kier molecular flexibility index (Phi) is 6.09. The average Bonchev–Trinajstić information content (AvgIpc) is 3.03. The smallest absolute Gasteiger partial charge is 0.408 e. The third kappa shape index (κ3) is 3.99. The van der Waals surface area contributed by atoms with E-state index in [1.165, 1.54) is 39.8 Å². The minimum Gasteiger partial charge on any atom is -0.502 e. The van der Waals surface area contributed by atoms with Gasteiger partial charge in [-0.25, -0.2) is 4.39 Å². The number of hydrogen-bond donors (Lipinski definition) is 2. The van der Waals surface area contributed by atoms with Crippen LogP contribution in [0.4, 0.5) is 23.2 Å². The van der Waals surface area contributed by atoms with E-state index in [0.29, 0.717) is 26.7 Å². The van der Waals surface area contributed by atoms with Crippen molar-refractivity contribution in [3.8, 4) is 5.75 Å². The van der Waals surface area contributed by atoms with Crippen LogP contribution in [0.1, 0.15) is 40.1 Å². The van der Waals surface area contributed by atoms with E-state index in [0.717, 1.165) is 24.2 Å². The SMILES string of the molecule is CNc1cccc2c1CSc1c(F)cccc1[C@H]2N1CN([C@H](C)C(F)(F)F)C(=O)c2c(O)c(=O)ccn21. The number of pyridine rings is 1. The van der Waals surface area contributed by atoms with Crippen molar-refractivity contribution in [2.45, 2.75) is 35.8 Å². The Morgan fingerprint density at radius 1 is 1.11 bits per heavy atom. The summed E-state index contributed by atoms with van der Waals surface area (Å²) in [5.41, 5.74) is 1.25. The number of carbonyl (C=O) groups is 1. The Morgan fingerprint density at radius 3 is 2.51 bits per heavy atom. The summed E-state index contributed by atoms with van der Waals surface area (Å²) in [5.74, 6) is -2.19. The number of aromatic hydroxyl groups is 1. The second-order valence-electron chi connectivity index (χ2n) is 8.77. The molecule has 0 aliphatic carbocycles. The quantitative estimate of drug-likeness (QED) is 0.485. The van der Waals surface area contributed by atoms with Crippen molar-refractivity contribution in [3.05, 3.63) is 87.1 Å². The molecule has 3 aromatic rings. The average molecular weight is 535 g/mol. The van der Waals surface area contributed by atoms with Gasteiger partial charge in [-0.3, -0.25) is 19.3 Å². The highest BCUT2D eigenvalue weighted by Gasteiger charge is 2.47. The zero-order chi connectivity index (χ0) is 26.6. The van der Waals surface area contributed by atoms with Crippen LogP contribution < -0.4 is 15.8 Å². The molecule has 7 nitrogen and oxygen atoms in total. The van der Waals surface area contributed by atoms with Gasteiger partial charge in [-0.1, -0.05) is 24.3 Å². The van der Waals surface area contributed by atoms with E-state index in [4.69, 9.17) is 0 Å². The molecular formula is C25H22F4N4O3S. The van der Waals surface area contributed by atoms with Crippen molar-refractivity contribution in [2.75, 3.05) is 24.0 Å². The summed E-state index contributed by atoms with van der Waals surface area (Å²) >= 11 is 1.26. The van der Waals surface area contributed by atoms with Gasteiger partial charge in [-0.2, -0.15) is 13.2 Å². The summed E-state index contributed by atoms with van der Waals surface area (Å²) in [6, 6.07) is 7.89. The Bertz CT molecular complexity index is 1460. The second-order valence-corrected chi connectivity index (χ2v) is 9.75. The zero-order valence-electron chi connectivity index (χ0n) is 19.7. The highest BCUT2D eigenvalue weighted by Crippen LogP contribution is 2.46. The maximum absolute atomic E-state index is 15.1. The lowest BCUT2D eigenvalue weighted by Crippen LogP contribution is -2.60. The number of aromatic nitrogens is 1. The lowest BCUT2D eigenvalue weighted by molar-refractivity contribution is -0.173. The highest BCUT2D eigenvalue weighted by atomic mass is 32.2. The maximum Gasteiger partial charge on any atom is 0.408 e. The van der Waals surface area contributed by atoms with Crippen LogP contribution in [0.15, 0.2) is 58.4 Å². The second kappa shape index (κ2) is 9.02. The lowest BCUT2D eigenvalue weighted by Gasteiger charge is -2.46. The van der Waals surface area contributed by atoms with Gasteiger partial charge < -0.3 is 15.3 Å². The molecule has 0 fully saturated rings. The first kappa shape index (κ1) is 25.0.